The Kier molecular flexibility index (Phi) is 19.2. The van der Waals surface area contributed by atoms with Crippen LogP contribution in [0.1, 0.15) is 110 Å². The fraction of sp³-hybridized carbons (Fsp3) is 0.952. The zero-order valence-corrected chi connectivity index (χ0v) is 17.9. The van der Waals surface area contributed by atoms with Crippen LogP contribution in [0.5, 0.6) is 0 Å². The van der Waals surface area contributed by atoms with Gasteiger partial charge in [0.1, 0.15) is 0 Å². The van der Waals surface area contributed by atoms with Gasteiger partial charge in [-0.2, -0.15) is 0 Å². The van der Waals surface area contributed by atoms with Gasteiger partial charge in [0.05, 0.1) is 6.61 Å². The number of hydrogen-bond donors (Lipinski definition) is 0. The van der Waals surface area contributed by atoms with Crippen LogP contribution in [0.4, 0.5) is 0 Å². The lowest BCUT2D eigenvalue weighted by Crippen LogP contribution is -2.13. The number of ether oxygens (including phenoxy) is 1. The van der Waals surface area contributed by atoms with Crippen LogP contribution < -0.4 is 0 Å². The van der Waals surface area contributed by atoms with Gasteiger partial charge in [0.25, 0.3) is 0 Å². The Hall–Kier alpha value is -0.0500. The minimum Gasteiger partial charge on any atom is -0.466 e. The minimum atomic E-state index is 0.0338. The predicted molar refractivity (Wildman–Crippen MR) is 109 cm³/mol. The molecule has 0 aliphatic heterocycles. The summed E-state index contributed by atoms with van der Waals surface area (Å²) in [5.41, 5.74) is 0. The number of alkyl halides is 1. The summed E-state index contributed by atoms with van der Waals surface area (Å²) in [4.78, 5) is 12.1. The molecule has 0 heterocycles. The first-order chi connectivity index (χ1) is 11.7. The van der Waals surface area contributed by atoms with Crippen LogP contribution in [0.15, 0.2) is 0 Å². The van der Waals surface area contributed by atoms with E-state index in [2.05, 4.69) is 29.8 Å². The van der Waals surface area contributed by atoms with Gasteiger partial charge in [-0.25, -0.2) is 0 Å². The number of esters is 1. The number of unbranched alkanes of at least 4 members (excludes halogenated alkanes) is 9. The van der Waals surface area contributed by atoms with Crippen molar-refractivity contribution in [1.82, 2.24) is 0 Å². The molecular formula is C21H41BrO2. The molecule has 0 saturated carbocycles. The second-order valence-electron chi connectivity index (χ2n) is 7.09. The van der Waals surface area contributed by atoms with Crippen molar-refractivity contribution in [2.45, 2.75) is 110 Å². The standard InChI is InChI=1S/C21H41BrO2/c1-3-5-7-11-15-20(16-12-8-6-4-2)19-21(23)24-18-14-10-9-13-17-22/h20H,3-19H2,1-2H3. The van der Waals surface area contributed by atoms with Crippen LogP contribution >= 0.6 is 15.9 Å². The molecular weight excluding hydrogens is 364 g/mol. The zero-order chi connectivity index (χ0) is 17.9. The van der Waals surface area contributed by atoms with Crippen LogP contribution in [0.25, 0.3) is 0 Å². The van der Waals surface area contributed by atoms with E-state index in [9.17, 15) is 4.79 Å². The summed E-state index contributed by atoms with van der Waals surface area (Å²) in [6.45, 7) is 5.11. The number of halogens is 1. The van der Waals surface area contributed by atoms with Crippen LogP contribution in [0, 0.1) is 5.92 Å². The maximum Gasteiger partial charge on any atom is 0.306 e. The van der Waals surface area contributed by atoms with Gasteiger partial charge in [-0.15, -0.1) is 0 Å². The van der Waals surface area contributed by atoms with Crippen molar-refractivity contribution in [3.8, 4) is 0 Å². The van der Waals surface area contributed by atoms with Crippen molar-refractivity contribution >= 4 is 21.9 Å². The van der Waals surface area contributed by atoms with Gasteiger partial charge < -0.3 is 4.74 Å². The molecule has 0 aliphatic rings. The topological polar surface area (TPSA) is 26.3 Å². The molecule has 0 N–H and O–H groups in total. The highest BCUT2D eigenvalue weighted by molar-refractivity contribution is 9.09. The molecule has 144 valence electrons. The zero-order valence-electron chi connectivity index (χ0n) is 16.3. The third kappa shape index (κ3) is 16.8. The Morgan fingerprint density at radius 3 is 1.88 bits per heavy atom. The molecule has 24 heavy (non-hydrogen) atoms. The van der Waals surface area contributed by atoms with Gasteiger partial charge in [-0.05, 0) is 31.6 Å². The molecule has 0 aromatic rings. The van der Waals surface area contributed by atoms with E-state index in [4.69, 9.17) is 4.74 Å². The van der Waals surface area contributed by atoms with Crippen LogP contribution in [0.2, 0.25) is 0 Å². The van der Waals surface area contributed by atoms with Crippen LogP contribution in [0.3, 0.4) is 0 Å². The van der Waals surface area contributed by atoms with Crippen molar-refractivity contribution in [2.24, 2.45) is 5.92 Å². The fourth-order valence-corrected chi connectivity index (χ4v) is 3.50. The first kappa shape index (κ1) is 23.9. The first-order valence-corrected chi connectivity index (χ1v) is 11.6. The second-order valence-corrected chi connectivity index (χ2v) is 7.89. The van der Waals surface area contributed by atoms with Gasteiger partial charge in [0.2, 0.25) is 0 Å². The third-order valence-corrected chi connectivity index (χ3v) is 5.24. The molecule has 0 rings (SSSR count). The molecule has 0 bridgehead atoms. The van der Waals surface area contributed by atoms with Crippen LogP contribution in [-0.2, 0) is 9.53 Å². The summed E-state index contributed by atoms with van der Waals surface area (Å²) in [5.74, 6) is 0.575. The molecule has 0 spiro atoms. The van der Waals surface area contributed by atoms with E-state index in [1.165, 1.54) is 77.0 Å². The molecule has 0 fully saturated rings. The van der Waals surface area contributed by atoms with Crippen LogP contribution in [-0.4, -0.2) is 17.9 Å². The molecule has 0 atom stereocenters. The minimum absolute atomic E-state index is 0.0338. The highest BCUT2D eigenvalue weighted by Crippen LogP contribution is 2.22. The Morgan fingerprint density at radius 1 is 0.792 bits per heavy atom. The van der Waals surface area contributed by atoms with Gasteiger partial charge in [-0.3, -0.25) is 4.79 Å². The van der Waals surface area contributed by atoms with Crippen molar-refractivity contribution in [3.05, 3.63) is 0 Å². The largest absolute Gasteiger partial charge is 0.466 e. The summed E-state index contributed by atoms with van der Waals surface area (Å²) in [6, 6.07) is 0. The first-order valence-electron chi connectivity index (χ1n) is 10.5. The quantitative estimate of drug-likeness (QED) is 0.135. The lowest BCUT2D eigenvalue weighted by atomic mass is 9.92. The third-order valence-electron chi connectivity index (χ3n) is 4.68. The molecule has 0 aliphatic carbocycles. The number of rotatable bonds is 18. The van der Waals surface area contributed by atoms with Gasteiger partial charge >= 0.3 is 5.97 Å². The van der Waals surface area contributed by atoms with E-state index in [-0.39, 0.29) is 5.97 Å². The monoisotopic (exact) mass is 404 g/mol. The summed E-state index contributed by atoms with van der Waals surface area (Å²) >= 11 is 3.44. The van der Waals surface area contributed by atoms with E-state index < -0.39 is 0 Å². The van der Waals surface area contributed by atoms with Crippen molar-refractivity contribution in [2.75, 3.05) is 11.9 Å². The molecule has 0 saturated heterocycles. The van der Waals surface area contributed by atoms with E-state index in [1.807, 2.05) is 0 Å². The summed E-state index contributed by atoms with van der Waals surface area (Å²) in [5, 5.41) is 1.07. The second kappa shape index (κ2) is 19.3. The highest BCUT2D eigenvalue weighted by Gasteiger charge is 2.14. The van der Waals surface area contributed by atoms with Crippen molar-refractivity contribution in [3.63, 3.8) is 0 Å². The Labute approximate surface area is 159 Å². The molecule has 0 aromatic heterocycles. The molecule has 0 radical (unpaired) electrons. The Morgan fingerprint density at radius 2 is 1.33 bits per heavy atom. The maximum atomic E-state index is 12.1. The summed E-state index contributed by atoms with van der Waals surface area (Å²) < 4.78 is 5.46. The smallest absolute Gasteiger partial charge is 0.306 e. The number of hydrogen-bond acceptors (Lipinski definition) is 2. The van der Waals surface area contributed by atoms with Crippen molar-refractivity contribution in [1.29, 1.82) is 0 Å². The fourth-order valence-electron chi connectivity index (χ4n) is 3.10. The van der Waals surface area contributed by atoms with Gasteiger partial charge in [0, 0.05) is 11.8 Å². The predicted octanol–water partition coefficient (Wildman–Crippen LogP) is 7.43. The van der Waals surface area contributed by atoms with E-state index in [0.29, 0.717) is 18.9 Å². The average molecular weight is 405 g/mol. The van der Waals surface area contributed by atoms with Gasteiger partial charge in [-0.1, -0.05) is 94.0 Å². The maximum absolute atomic E-state index is 12.1. The normalized spacial score (nSPS) is 11.2. The molecule has 2 nitrogen and oxygen atoms in total. The van der Waals surface area contributed by atoms with E-state index in [1.54, 1.807) is 0 Å². The Balaban J connectivity index is 3.90. The van der Waals surface area contributed by atoms with E-state index in [0.717, 1.165) is 18.2 Å². The lowest BCUT2D eigenvalue weighted by Gasteiger charge is -2.16. The Bertz CT molecular complexity index is 257. The summed E-state index contributed by atoms with van der Waals surface area (Å²) in [7, 11) is 0. The average Bonchev–Trinajstić information content (AvgIpc) is 2.58. The molecule has 0 amide bonds. The molecule has 0 unspecified atom stereocenters. The summed E-state index contributed by atoms with van der Waals surface area (Å²) in [6.07, 6.45) is 18.0. The lowest BCUT2D eigenvalue weighted by molar-refractivity contribution is -0.145. The number of carbonyl (C=O) groups excluding carboxylic acids is 1. The highest BCUT2D eigenvalue weighted by atomic mass is 79.9. The van der Waals surface area contributed by atoms with E-state index >= 15 is 0 Å². The van der Waals surface area contributed by atoms with Crippen molar-refractivity contribution < 1.29 is 9.53 Å². The number of carbonyl (C=O) groups is 1. The van der Waals surface area contributed by atoms with Gasteiger partial charge in [0.15, 0.2) is 0 Å². The molecule has 0 aromatic carbocycles. The SMILES string of the molecule is CCCCCCC(CCCCCC)CC(=O)OCCCCCCBr. The molecule has 3 heteroatoms.